The molecule has 29 heavy (non-hydrogen) atoms. The lowest BCUT2D eigenvalue weighted by molar-refractivity contribution is 0.628. The quantitative estimate of drug-likeness (QED) is 0.468. The number of fused-ring (bicyclic) bond motifs is 1. The van der Waals surface area contributed by atoms with Gasteiger partial charge in [-0.3, -0.25) is 9.89 Å². The van der Waals surface area contributed by atoms with E-state index in [2.05, 4.69) is 41.1 Å². The fourth-order valence-electron chi connectivity index (χ4n) is 2.90. The monoisotopic (exact) mass is 454 g/mol. The zero-order valence-corrected chi connectivity index (χ0v) is 17.2. The summed E-state index contributed by atoms with van der Waals surface area (Å²) in [6.07, 6.45) is 3.25. The van der Waals surface area contributed by atoms with E-state index in [-0.39, 0.29) is 17.2 Å². The lowest BCUT2D eigenvalue weighted by Gasteiger charge is -2.11. The minimum atomic E-state index is -0.317. The second kappa shape index (κ2) is 7.67. The SMILES string of the molecule is CCn1cc(-c2nc(/N=C/c3ccc(F)cc3)n[nH]2)c(=O)c2cc(Br)c(C)nc21. The van der Waals surface area contributed by atoms with E-state index in [9.17, 15) is 9.18 Å². The second-order valence-electron chi connectivity index (χ2n) is 6.38. The first-order chi connectivity index (χ1) is 14.0. The standard InChI is InChI=1S/C20H16BrFN6O/c1-3-28-10-15(17(29)14-8-16(21)11(2)24-19(14)28)18-25-20(27-26-18)23-9-12-4-6-13(22)7-5-12/h4-10H,3H2,1-2H3,(H,25,26,27)/b23-9+. The van der Waals surface area contributed by atoms with Gasteiger partial charge < -0.3 is 4.57 Å². The van der Waals surface area contributed by atoms with Crippen molar-refractivity contribution in [3.05, 3.63) is 68.3 Å². The van der Waals surface area contributed by atoms with Crippen LogP contribution in [0.4, 0.5) is 10.3 Å². The van der Waals surface area contributed by atoms with Crippen LogP contribution in [0.1, 0.15) is 18.2 Å². The topological polar surface area (TPSA) is 88.8 Å². The largest absolute Gasteiger partial charge is 0.332 e. The van der Waals surface area contributed by atoms with Crippen molar-refractivity contribution in [2.45, 2.75) is 20.4 Å². The van der Waals surface area contributed by atoms with E-state index >= 15 is 0 Å². The maximum absolute atomic E-state index is 13.0. The molecule has 7 nitrogen and oxygen atoms in total. The number of halogens is 2. The molecule has 1 N–H and O–H groups in total. The fourth-order valence-corrected chi connectivity index (χ4v) is 3.21. The predicted molar refractivity (Wildman–Crippen MR) is 113 cm³/mol. The Labute approximate surface area is 173 Å². The van der Waals surface area contributed by atoms with E-state index in [0.29, 0.717) is 34.5 Å². The van der Waals surface area contributed by atoms with E-state index in [1.54, 1.807) is 24.4 Å². The normalized spacial score (nSPS) is 11.6. The van der Waals surface area contributed by atoms with Gasteiger partial charge in [-0.15, -0.1) is 5.10 Å². The summed E-state index contributed by atoms with van der Waals surface area (Å²) in [5.74, 6) is 0.180. The highest BCUT2D eigenvalue weighted by molar-refractivity contribution is 9.10. The molecule has 0 aliphatic carbocycles. The molecule has 0 unspecified atom stereocenters. The van der Waals surface area contributed by atoms with Crippen molar-refractivity contribution in [2.24, 2.45) is 4.99 Å². The maximum Gasteiger partial charge on any atom is 0.268 e. The van der Waals surface area contributed by atoms with E-state index in [1.165, 1.54) is 18.3 Å². The molecule has 0 bridgehead atoms. The van der Waals surface area contributed by atoms with Gasteiger partial charge in [-0.25, -0.2) is 14.4 Å². The minimum absolute atomic E-state index is 0.176. The molecule has 146 valence electrons. The molecule has 3 aromatic heterocycles. The van der Waals surface area contributed by atoms with Gasteiger partial charge in [0.2, 0.25) is 5.43 Å². The average molecular weight is 455 g/mol. The number of nitrogens with zero attached hydrogens (tertiary/aromatic N) is 5. The molecule has 4 aromatic rings. The molecule has 0 fully saturated rings. The Morgan fingerprint density at radius 1 is 1.28 bits per heavy atom. The van der Waals surface area contributed by atoms with Gasteiger partial charge in [0.25, 0.3) is 5.95 Å². The number of benzene rings is 1. The molecule has 3 heterocycles. The Bertz CT molecular complexity index is 1290. The number of pyridine rings is 2. The first-order valence-electron chi connectivity index (χ1n) is 8.89. The van der Waals surface area contributed by atoms with Gasteiger partial charge in [0.05, 0.1) is 16.6 Å². The zero-order valence-electron chi connectivity index (χ0n) is 15.6. The van der Waals surface area contributed by atoms with Gasteiger partial charge in [-0.2, -0.15) is 4.98 Å². The van der Waals surface area contributed by atoms with Crippen molar-refractivity contribution in [2.75, 3.05) is 0 Å². The third-order valence-electron chi connectivity index (χ3n) is 4.45. The summed E-state index contributed by atoms with van der Waals surface area (Å²) in [6.45, 7) is 4.50. The summed E-state index contributed by atoms with van der Waals surface area (Å²) >= 11 is 3.44. The highest BCUT2D eigenvalue weighted by Gasteiger charge is 2.16. The van der Waals surface area contributed by atoms with Crippen molar-refractivity contribution in [3.8, 4) is 11.4 Å². The number of H-pyrrole nitrogens is 1. The first kappa shape index (κ1) is 19.1. The Balaban J connectivity index is 1.75. The highest BCUT2D eigenvalue weighted by atomic mass is 79.9. The number of hydrogen-bond acceptors (Lipinski definition) is 5. The molecule has 0 aliphatic heterocycles. The lowest BCUT2D eigenvalue weighted by Crippen LogP contribution is -2.14. The van der Waals surface area contributed by atoms with Gasteiger partial charge in [0.1, 0.15) is 11.5 Å². The molecule has 0 radical (unpaired) electrons. The number of nitrogens with one attached hydrogen (secondary N) is 1. The summed E-state index contributed by atoms with van der Waals surface area (Å²) in [5, 5.41) is 7.32. The molecule has 1 aromatic carbocycles. The van der Waals surface area contributed by atoms with Gasteiger partial charge >= 0.3 is 0 Å². The molecule has 9 heteroatoms. The fraction of sp³-hybridized carbons (Fsp3) is 0.150. The molecule has 0 saturated carbocycles. The summed E-state index contributed by atoms with van der Waals surface area (Å²) in [7, 11) is 0. The van der Waals surface area contributed by atoms with Crippen LogP contribution in [0, 0.1) is 12.7 Å². The summed E-state index contributed by atoms with van der Waals surface area (Å²) in [6, 6.07) is 7.67. The predicted octanol–water partition coefficient (Wildman–Crippen LogP) is 4.16. The van der Waals surface area contributed by atoms with Gasteiger partial charge in [-0.05, 0) is 53.5 Å². The van der Waals surface area contributed by atoms with E-state index in [1.807, 2.05) is 18.4 Å². The molecule has 0 saturated heterocycles. The second-order valence-corrected chi connectivity index (χ2v) is 7.23. The third kappa shape index (κ3) is 3.73. The molecule has 0 atom stereocenters. The van der Waals surface area contributed by atoms with Crippen molar-refractivity contribution < 1.29 is 4.39 Å². The van der Waals surface area contributed by atoms with E-state index < -0.39 is 0 Å². The molecule has 4 rings (SSSR count). The minimum Gasteiger partial charge on any atom is -0.332 e. The van der Waals surface area contributed by atoms with E-state index in [4.69, 9.17) is 0 Å². The van der Waals surface area contributed by atoms with Gasteiger partial charge in [-0.1, -0.05) is 12.1 Å². The van der Waals surface area contributed by atoms with Crippen LogP contribution < -0.4 is 5.43 Å². The van der Waals surface area contributed by atoms with Gasteiger partial charge in [0, 0.05) is 23.4 Å². The van der Waals surface area contributed by atoms with Crippen LogP contribution in [0.3, 0.4) is 0 Å². The zero-order chi connectivity index (χ0) is 20.5. The van der Waals surface area contributed by atoms with Crippen LogP contribution in [-0.4, -0.2) is 30.9 Å². The van der Waals surface area contributed by atoms with Crippen LogP contribution in [0.2, 0.25) is 0 Å². The van der Waals surface area contributed by atoms with Crippen LogP contribution in [0.15, 0.2) is 50.8 Å². The number of aryl methyl sites for hydroxylation is 2. The van der Waals surface area contributed by atoms with Crippen molar-refractivity contribution in [1.29, 1.82) is 0 Å². The van der Waals surface area contributed by atoms with Crippen molar-refractivity contribution in [1.82, 2.24) is 24.7 Å². The molecule has 0 spiro atoms. The summed E-state index contributed by atoms with van der Waals surface area (Å²) < 4.78 is 15.7. The smallest absolute Gasteiger partial charge is 0.268 e. The van der Waals surface area contributed by atoms with Crippen LogP contribution >= 0.6 is 15.9 Å². The van der Waals surface area contributed by atoms with Gasteiger partial charge in [0.15, 0.2) is 5.82 Å². The average Bonchev–Trinajstić information content (AvgIpc) is 3.18. The first-order valence-corrected chi connectivity index (χ1v) is 9.68. The Hall–Kier alpha value is -3.20. The maximum atomic E-state index is 13.0. The van der Waals surface area contributed by atoms with Crippen molar-refractivity contribution >= 4 is 39.1 Å². The Morgan fingerprint density at radius 3 is 2.76 bits per heavy atom. The molecule has 0 amide bonds. The highest BCUT2D eigenvalue weighted by Crippen LogP contribution is 2.22. The molecular formula is C20H16BrFN6O. The summed E-state index contributed by atoms with van der Waals surface area (Å²) in [5.41, 5.74) is 2.33. The number of aromatic nitrogens is 5. The number of aromatic amines is 1. The lowest BCUT2D eigenvalue weighted by atomic mass is 10.1. The number of rotatable bonds is 4. The molecular weight excluding hydrogens is 439 g/mol. The Kier molecular flexibility index (Phi) is 5.06. The van der Waals surface area contributed by atoms with Crippen LogP contribution in [0.5, 0.6) is 0 Å². The number of aliphatic imine (C=N–C) groups is 1. The van der Waals surface area contributed by atoms with Crippen molar-refractivity contribution in [3.63, 3.8) is 0 Å². The molecule has 0 aliphatic rings. The van der Waals surface area contributed by atoms with Crippen LogP contribution in [-0.2, 0) is 6.54 Å². The van der Waals surface area contributed by atoms with Crippen LogP contribution in [0.25, 0.3) is 22.4 Å². The number of hydrogen-bond donors (Lipinski definition) is 1. The van der Waals surface area contributed by atoms with E-state index in [0.717, 1.165) is 10.2 Å². The third-order valence-corrected chi connectivity index (χ3v) is 5.25. The summed E-state index contributed by atoms with van der Waals surface area (Å²) in [4.78, 5) is 26.1. The Morgan fingerprint density at radius 2 is 2.03 bits per heavy atom.